The largest absolute Gasteiger partial charge is 0.390 e. The van der Waals surface area contributed by atoms with E-state index >= 15 is 0 Å². The van der Waals surface area contributed by atoms with E-state index in [0.29, 0.717) is 28.8 Å². The van der Waals surface area contributed by atoms with E-state index in [2.05, 4.69) is 21.6 Å². The lowest BCUT2D eigenvalue weighted by atomic mass is 9.86. The zero-order valence-corrected chi connectivity index (χ0v) is 17.5. The van der Waals surface area contributed by atoms with Gasteiger partial charge in [0.25, 0.3) is 5.91 Å². The van der Waals surface area contributed by atoms with E-state index in [9.17, 15) is 9.90 Å². The van der Waals surface area contributed by atoms with Gasteiger partial charge in [-0.15, -0.1) is 0 Å². The number of hydrogen-bond acceptors (Lipinski definition) is 5. The van der Waals surface area contributed by atoms with Crippen LogP contribution in [0.1, 0.15) is 56.8 Å². The van der Waals surface area contributed by atoms with E-state index in [1.54, 1.807) is 16.9 Å². The lowest BCUT2D eigenvalue weighted by molar-refractivity contribution is 0.0378. The molecule has 29 heavy (non-hydrogen) atoms. The van der Waals surface area contributed by atoms with Gasteiger partial charge in [-0.25, -0.2) is 0 Å². The van der Waals surface area contributed by atoms with Crippen molar-refractivity contribution in [1.29, 1.82) is 0 Å². The molecule has 2 fully saturated rings. The van der Waals surface area contributed by atoms with E-state index in [0.717, 1.165) is 25.7 Å². The van der Waals surface area contributed by atoms with Gasteiger partial charge in [0, 0.05) is 12.1 Å². The average molecular weight is 417 g/mol. The minimum absolute atomic E-state index is 0.0276. The van der Waals surface area contributed by atoms with Gasteiger partial charge in [-0.05, 0) is 69.9 Å². The summed E-state index contributed by atoms with van der Waals surface area (Å²) in [5.41, 5.74) is 1.96. The number of fused-ring (bicyclic) bond motifs is 1. The molecule has 2 N–H and O–H groups in total. The van der Waals surface area contributed by atoms with Gasteiger partial charge < -0.3 is 14.9 Å². The summed E-state index contributed by atoms with van der Waals surface area (Å²) in [6.45, 7) is 6.03. The third-order valence-corrected chi connectivity index (χ3v) is 6.79. The summed E-state index contributed by atoms with van der Waals surface area (Å²) in [5.74, 6) is 0.501. The lowest BCUT2D eigenvalue weighted by Gasteiger charge is -2.28. The molecule has 0 spiro atoms. The average Bonchev–Trinajstić information content (AvgIpc) is 3.35. The highest BCUT2D eigenvalue weighted by molar-refractivity contribution is 6.29. The van der Waals surface area contributed by atoms with Crippen LogP contribution in [0.25, 0.3) is 11.4 Å². The molecule has 4 atom stereocenters. The van der Waals surface area contributed by atoms with Crippen molar-refractivity contribution in [3.8, 4) is 11.4 Å². The molecular formula is C21H25ClN4O3. The van der Waals surface area contributed by atoms with Crippen molar-refractivity contribution >= 4 is 17.5 Å². The van der Waals surface area contributed by atoms with Crippen LogP contribution in [-0.2, 0) is 5.54 Å². The van der Waals surface area contributed by atoms with Crippen LogP contribution in [0.5, 0.6) is 0 Å². The lowest BCUT2D eigenvalue weighted by Crippen LogP contribution is -2.39. The topological polar surface area (TPSA) is 93.2 Å². The molecule has 2 aromatic heterocycles. The fourth-order valence-corrected chi connectivity index (χ4v) is 5.51. The van der Waals surface area contributed by atoms with Gasteiger partial charge in [-0.2, -0.15) is 5.10 Å². The van der Waals surface area contributed by atoms with Crippen molar-refractivity contribution < 1.29 is 14.4 Å². The second kappa shape index (κ2) is 6.19. The highest BCUT2D eigenvalue weighted by Gasteiger charge is 2.54. The third kappa shape index (κ3) is 3.02. The number of amides is 1. The molecule has 2 aromatic rings. The third-order valence-electron chi connectivity index (χ3n) is 6.62. The Hall–Kier alpha value is -2.12. The summed E-state index contributed by atoms with van der Waals surface area (Å²) in [7, 11) is 0. The van der Waals surface area contributed by atoms with Crippen LogP contribution in [0.4, 0.5) is 0 Å². The van der Waals surface area contributed by atoms with Gasteiger partial charge in [0.05, 0.1) is 22.9 Å². The maximum atomic E-state index is 13.3. The minimum Gasteiger partial charge on any atom is -0.390 e. The summed E-state index contributed by atoms with van der Waals surface area (Å²) in [6.07, 6.45) is 6.93. The fourth-order valence-electron chi connectivity index (χ4n) is 5.37. The Labute approximate surface area is 174 Å². The monoisotopic (exact) mass is 416 g/mol. The van der Waals surface area contributed by atoms with Crippen LogP contribution >= 0.6 is 11.6 Å². The van der Waals surface area contributed by atoms with Crippen LogP contribution in [0.15, 0.2) is 28.4 Å². The van der Waals surface area contributed by atoms with Crippen molar-refractivity contribution in [2.45, 2.75) is 63.6 Å². The SMILES string of the molecule is CC(C)(C)n1ncc(C(=O)NC2CC3=CCC4(O)CC3C2C4)c1-c1cc(Cl)on1. The molecule has 0 aromatic carbocycles. The summed E-state index contributed by atoms with van der Waals surface area (Å²) < 4.78 is 6.81. The van der Waals surface area contributed by atoms with Gasteiger partial charge in [-0.3, -0.25) is 9.48 Å². The fraction of sp³-hybridized carbons (Fsp3) is 0.571. The molecule has 5 rings (SSSR count). The van der Waals surface area contributed by atoms with Crippen LogP contribution in [0.3, 0.4) is 0 Å². The number of halogens is 1. The highest BCUT2D eigenvalue weighted by Crippen LogP contribution is 2.55. The van der Waals surface area contributed by atoms with Crippen LogP contribution in [0, 0.1) is 11.8 Å². The molecular weight excluding hydrogens is 392 g/mol. The Morgan fingerprint density at radius 1 is 1.41 bits per heavy atom. The standard InChI is InChI=1S/C21H25ClN4O3/c1-20(2,3)26-18(16-7-17(22)29-25-16)14(10-23-26)19(27)24-15-6-11-4-5-21(28)8-12(11)13(15)9-21/h4,7,10,12-13,15,28H,5-6,8-9H2,1-3H3,(H,24,27). The zero-order chi connectivity index (χ0) is 20.6. The number of carbonyl (C=O) groups is 1. The van der Waals surface area contributed by atoms with E-state index in [4.69, 9.17) is 16.1 Å². The van der Waals surface area contributed by atoms with E-state index < -0.39 is 5.60 Å². The van der Waals surface area contributed by atoms with Crippen molar-refractivity contribution in [1.82, 2.24) is 20.3 Å². The molecule has 3 aliphatic carbocycles. The quantitative estimate of drug-likeness (QED) is 0.746. The van der Waals surface area contributed by atoms with E-state index in [1.165, 1.54) is 5.57 Å². The van der Waals surface area contributed by atoms with Gasteiger partial charge >= 0.3 is 0 Å². The smallest absolute Gasteiger partial charge is 0.255 e. The number of carbonyl (C=O) groups excluding carboxylic acids is 1. The van der Waals surface area contributed by atoms with Crippen molar-refractivity contribution in [3.63, 3.8) is 0 Å². The maximum absolute atomic E-state index is 13.3. The first-order valence-electron chi connectivity index (χ1n) is 10.1. The zero-order valence-electron chi connectivity index (χ0n) is 16.8. The minimum atomic E-state index is -0.595. The number of nitrogens with zero attached hydrogens (tertiary/aromatic N) is 3. The molecule has 2 saturated carbocycles. The molecule has 3 aliphatic rings. The van der Waals surface area contributed by atoms with Crippen molar-refractivity contribution in [2.24, 2.45) is 11.8 Å². The Balaban J connectivity index is 1.46. The Bertz CT molecular complexity index is 1020. The molecule has 0 radical (unpaired) electrons. The number of rotatable bonds is 3. The number of aliphatic hydroxyl groups is 1. The molecule has 4 unspecified atom stereocenters. The van der Waals surface area contributed by atoms with Crippen molar-refractivity contribution in [2.75, 3.05) is 0 Å². The molecule has 1 amide bonds. The van der Waals surface area contributed by atoms with E-state index in [1.807, 2.05) is 20.8 Å². The number of nitrogens with one attached hydrogen (secondary N) is 1. The first kappa shape index (κ1) is 18.9. The Kier molecular flexibility index (Phi) is 4.03. The number of hydrogen-bond donors (Lipinski definition) is 2. The first-order chi connectivity index (χ1) is 13.6. The molecule has 8 heteroatoms. The molecule has 7 nitrogen and oxygen atoms in total. The van der Waals surface area contributed by atoms with Gasteiger partial charge in [0.2, 0.25) is 5.22 Å². The predicted molar refractivity (Wildman–Crippen MR) is 107 cm³/mol. The normalized spacial score (nSPS) is 30.5. The summed E-state index contributed by atoms with van der Waals surface area (Å²) in [6, 6.07) is 1.62. The molecule has 0 saturated heterocycles. The second-order valence-electron chi connectivity index (χ2n) is 9.68. The van der Waals surface area contributed by atoms with Crippen LogP contribution in [0.2, 0.25) is 5.22 Å². The first-order valence-corrected chi connectivity index (χ1v) is 10.5. The summed E-state index contributed by atoms with van der Waals surface area (Å²) in [5, 5.41) is 22.5. The second-order valence-corrected chi connectivity index (χ2v) is 10.0. The molecule has 0 aliphatic heterocycles. The maximum Gasteiger partial charge on any atom is 0.255 e. The van der Waals surface area contributed by atoms with Gasteiger partial charge in [0.1, 0.15) is 11.4 Å². The molecule has 154 valence electrons. The predicted octanol–water partition coefficient (Wildman–Crippen LogP) is 3.54. The summed E-state index contributed by atoms with van der Waals surface area (Å²) >= 11 is 5.93. The van der Waals surface area contributed by atoms with Crippen LogP contribution in [-0.4, -0.2) is 37.6 Å². The Morgan fingerprint density at radius 2 is 2.21 bits per heavy atom. The Morgan fingerprint density at radius 3 is 2.90 bits per heavy atom. The highest BCUT2D eigenvalue weighted by atomic mass is 35.5. The van der Waals surface area contributed by atoms with Gasteiger partial charge in [0.15, 0.2) is 0 Å². The van der Waals surface area contributed by atoms with E-state index in [-0.39, 0.29) is 22.7 Å². The van der Waals surface area contributed by atoms with Crippen LogP contribution < -0.4 is 5.32 Å². The summed E-state index contributed by atoms with van der Waals surface area (Å²) in [4.78, 5) is 13.3. The molecule has 2 bridgehead atoms. The van der Waals surface area contributed by atoms with Crippen molar-refractivity contribution in [3.05, 3.63) is 34.7 Å². The molecule has 2 heterocycles. The van der Waals surface area contributed by atoms with Gasteiger partial charge in [-0.1, -0.05) is 16.8 Å². The number of aromatic nitrogens is 3.